The first-order chi connectivity index (χ1) is 11.2. The fourth-order valence-electron chi connectivity index (χ4n) is 2.15. The molecule has 2 heterocycles. The number of anilines is 1. The Kier molecular flexibility index (Phi) is 5.12. The molecule has 0 unspecified atom stereocenters. The Morgan fingerprint density at radius 3 is 2.87 bits per heavy atom. The molecule has 122 valence electrons. The summed E-state index contributed by atoms with van der Waals surface area (Å²) in [4.78, 5) is 16.4. The highest BCUT2D eigenvalue weighted by molar-refractivity contribution is 9.10. The number of ether oxygens (including phenoxy) is 2. The first kappa shape index (κ1) is 16.2. The van der Waals surface area contributed by atoms with E-state index in [1.807, 2.05) is 17.7 Å². The SMILES string of the molecule is CCn1ccnc1SCC(=O)Nc1cc2c(cc1Br)OCCO2. The zero-order valence-electron chi connectivity index (χ0n) is 12.5. The van der Waals surface area contributed by atoms with E-state index in [4.69, 9.17) is 9.47 Å². The fourth-order valence-corrected chi connectivity index (χ4v) is 3.40. The van der Waals surface area contributed by atoms with Gasteiger partial charge >= 0.3 is 0 Å². The predicted molar refractivity (Wildman–Crippen MR) is 92.4 cm³/mol. The highest BCUT2D eigenvalue weighted by atomic mass is 79.9. The third-order valence-electron chi connectivity index (χ3n) is 3.26. The van der Waals surface area contributed by atoms with Crippen LogP contribution in [-0.2, 0) is 11.3 Å². The van der Waals surface area contributed by atoms with Crippen LogP contribution in [0, 0.1) is 0 Å². The van der Waals surface area contributed by atoms with Gasteiger partial charge < -0.3 is 19.4 Å². The largest absolute Gasteiger partial charge is 0.486 e. The molecule has 1 N–H and O–H groups in total. The number of benzene rings is 1. The van der Waals surface area contributed by atoms with Gasteiger partial charge in [-0.3, -0.25) is 4.79 Å². The van der Waals surface area contributed by atoms with Crippen LogP contribution in [0.3, 0.4) is 0 Å². The van der Waals surface area contributed by atoms with Crippen LogP contribution >= 0.6 is 27.7 Å². The van der Waals surface area contributed by atoms with E-state index in [2.05, 4.69) is 26.2 Å². The van der Waals surface area contributed by atoms with Crippen LogP contribution in [0.1, 0.15) is 6.92 Å². The standard InChI is InChI=1S/C15H16BrN3O3S/c1-2-19-4-3-17-15(19)23-9-14(20)18-11-8-13-12(7-10(11)16)21-5-6-22-13/h3-4,7-8H,2,5-6,9H2,1H3,(H,18,20). The number of aryl methyl sites for hydroxylation is 1. The minimum atomic E-state index is -0.0990. The minimum Gasteiger partial charge on any atom is -0.486 e. The Morgan fingerprint density at radius 1 is 1.39 bits per heavy atom. The zero-order chi connectivity index (χ0) is 16.2. The Morgan fingerprint density at radius 2 is 2.13 bits per heavy atom. The zero-order valence-corrected chi connectivity index (χ0v) is 14.9. The topological polar surface area (TPSA) is 65.4 Å². The Labute approximate surface area is 146 Å². The molecule has 1 amide bonds. The average Bonchev–Trinajstić information content (AvgIpc) is 3.01. The van der Waals surface area contributed by atoms with Gasteiger partial charge in [-0.25, -0.2) is 4.98 Å². The van der Waals surface area contributed by atoms with Crippen molar-refractivity contribution in [2.45, 2.75) is 18.6 Å². The molecule has 8 heteroatoms. The van der Waals surface area contributed by atoms with E-state index in [9.17, 15) is 4.79 Å². The van der Waals surface area contributed by atoms with Crippen LogP contribution in [0.25, 0.3) is 0 Å². The average molecular weight is 398 g/mol. The number of aromatic nitrogens is 2. The van der Waals surface area contributed by atoms with Crippen molar-refractivity contribution < 1.29 is 14.3 Å². The van der Waals surface area contributed by atoms with Crippen molar-refractivity contribution in [2.24, 2.45) is 0 Å². The van der Waals surface area contributed by atoms with Gasteiger partial charge in [0.05, 0.1) is 11.4 Å². The lowest BCUT2D eigenvalue weighted by atomic mass is 10.2. The quantitative estimate of drug-likeness (QED) is 0.784. The van der Waals surface area contributed by atoms with Gasteiger partial charge in [-0.2, -0.15) is 0 Å². The molecule has 0 fully saturated rings. The summed E-state index contributed by atoms with van der Waals surface area (Å²) in [6.45, 7) is 3.92. The summed E-state index contributed by atoms with van der Waals surface area (Å²) in [5.41, 5.74) is 0.665. The first-order valence-electron chi connectivity index (χ1n) is 7.20. The lowest BCUT2D eigenvalue weighted by molar-refractivity contribution is -0.113. The third kappa shape index (κ3) is 3.81. The molecule has 23 heavy (non-hydrogen) atoms. The van der Waals surface area contributed by atoms with Crippen molar-refractivity contribution in [1.82, 2.24) is 9.55 Å². The van der Waals surface area contributed by atoms with E-state index in [0.717, 1.165) is 16.2 Å². The minimum absolute atomic E-state index is 0.0990. The van der Waals surface area contributed by atoms with Crippen molar-refractivity contribution in [3.63, 3.8) is 0 Å². The Balaban J connectivity index is 1.63. The maximum Gasteiger partial charge on any atom is 0.234 e. The van der Waals surface area contributed by atoms with Crippen molar-refractivity contribution in [3.05, 3.63) is 29.0 Å². The molecule has 1 aliphatic rings. The number of thioether (sulfide) groups is 1. The van der Waals surface area contributed by atoms with Crippen LogP contribution in [0.15, 0.2) is 34.2 Å². The van der Waals surface area contributed by atoms with Crippen LogP contribution in [0.4, 0.5) is 5.69 Å². The summed E-state index contributed by atoms with van der Waals surface area (Å²) in [7, 11) is 0. The molecule has 1 aromatic heterocycles. The Hall–Kier alpha value is -1.67. The number of carbonyl (C=O) groups excluding carboxylic acids is 1. The molecule has 3 rings (SSSR count). The molecule has 0 spiro atoms. The van der Waals surface area contributed by atoms with E-state index in [1.165, 1.54) is 11.8 Å². The van der Waals surface area contributed by atoms with Crippen LogP contribution in [-0.4, -0.2) is 34.4 Å². The van der Waals surface area contributed by atoms with Gasteiger partial charge in [0.2, 0.25) is 5.91 Å². The van der Waals surface area contributed by atoms with Crippen molar-refractivity contribution in [2.75, 3.05) is 24.3 Å². The van der Waals surface area contributed by atoms with E-state index in [1.54, 1.807) is 18.3 Å². The van der Waals surface area contributed by atoms with Crippen LogP contribution in [0.2, 0.25) is 0 Å². The number of halogens is 1. The summed E-state index contributed by atoms with van der Waals surface area (Å²) in [6, 6.07) is 3.58. The molecule has 1 aliphatic heterocycles. The molecule has 0 saturated heterocycles. The molecule has 6 nitrogen and oxygen atoms in total. The number of imidazole rings is 1. The first-order valence-corrected chi connectivity index (χ1v) is 8.98. The van der Waals surface area contributed by atoms with Crippen molar-refractivity contribution in [3.8, 4) is 11.5 Å². The summed E-state index contributed by atoms with van der Waals surface area (Å²) in [5, 5.41) is 3.72. The number of hydrogen-bond donors (Lipinski definition) is 1. The molecule has 0 bridgehead atoms. The lowest BCUT2D eigenvalue weighted by Gasteiger charge is -2.20. The van der Waals surface area contributed by atoms with Gasteiger partial charge in [-0.15, -0.1) is 0 Å². The third-order valence-corrected chi connectivity index (χ3v) is 4.92. The number of rotatable bonds is 5. The molecular weight excluding hydrogens is 382 g/mol. The molecule has 0 aliphatic carbocycles. The molecule has 2 aromatic rings. The second-order valence-electron chi connectivity index (χ2n) is 4.81. The van der Waals surface area contributed by atoms with Crippen LogP contribution < -0.4 is 14.8 Å². The maximum atomic E-state index is 12.2. The second kappa shape index (κ2) is 7.27. The summed E-state index contributed by atoms with van der Waals surface area (Å²) >= 11 is 4.85. The summed E-state index contributed by atoms with van der Waals surface area (Å²) in [5.74, 6) is 1.51. The predicted octanol–water partition coefficient (Wildman–Crippen LogP) is 3.17. The number of hydrogen-bond acceptors (Lipinski definition) is 5. The van der Waals surface area contributed by atoms with E-state index >= 15 is 0 Å². The van der Waals surface area contributed by atoms with E-state index < -0.39 is 0 Å². The maximum absolute atomic E-state index is 12.2. The molecule has 0 saturated carbocycles. The van der Waals surface area contributed by atoms with Gasteiger partial charge in [-0.05, 0) is 22.9 Å². The second-order valence-corrected chi connectivity index (χ2v) is 6.61. The number of nitrogens with zero attached hydrogens (tertiary/aromatic N) is 2. The van der Waals surface area contributed by atoms with Gasteiger partial charge in [0.1, 0.15) is 13.2 Å². The Bertz CT molecular complexity index is 720. The fraction of sp³-hybridized carbons (Fsp3) is 0.333. The van der Waals surface area contributed by atoms with E-state index in [0.29, 0.717) is 30.4 Å². The lowest BCUT2D eigenvalue weighted by Crippen LogP contribution is -2.17. The van der Waals surface area contributed by atoms with Gasteiger partial charge in [-0.1, -0.05) is 11.8 Å². The summed E-state index contributed by atoms with van der Waals surface area (Å²) in [6.07, 6.45) is 3.64. The van der Waals surface area contributed by atoms with E-state index in [-0.39, 0.29) is 11.7 Å². The van der Waals surface area contributed by atoms with Gasteiger partial charge in [0.15, 0.2) is 16.7 Å². The molecule has 0 atom stereocenters. The monoisotopic (exact) mass is 397 g/mol. The number of nitrogens with one attached hydrogen (secondary N) is 1. The summed E-state index contributed by atoms with van der Waals surface area (Å²) < 4.78 is 13.8. The van der Waals surface area contributed by atoms with Gasteiger partial charge in [0.25, 0.3) is 0 Å². The smallest absolute Gasteiger partial charge is 0.234 e. The van der Waals surface area contributed by atoms with Crippen molar-refractivity contribution >= 4 is 39.3 Å². The van der Waals surface area contributed by atoms with Crippen LogP contribution in [0.5, 0.6) is 11.5 Å². The molecule has 0 radical (unpaired) electrons. The van der Waals surface area contributed by atoms with Crippen molar-refractivity contribution in [1.29, 1.82) is 0 Å². The normalized spacial score (nSPS) is 13.0. The number of amides is 1. The number of fused-ring (bicyclic) bond motifs is 1. The highest BCUT2D eigenvalue weighted by Gasteiger charge is 2.16. The van der Waals surface area contributed by atoms with Gasteiger partial charge in [0, 0.05) is 35.5 Å². The molecule has 1 aromatic carbocycles. The highest BCUT2D eigenvalue weighted by Crippen LogP contribution is 2.38. The number of carbonyl (C=O) groups is 1. The molecular formula is C15H16BrN3O3S.